The Labute approximate surface area is 192 Å². The van der Waals surface area contributed by atoms with Crippen LogP contribution < -0.4 is 20.1 Å². The molecule has 3 aromatic carbocycles. The van der Waals surface area contributed by atoms with E-state index < -0.39 is 5.97 Å². The molecule has 0 unspecified atom stereocenters. The summed E-state index contributed by atoms with van der Waals surface area (Å²) >= 11 is 0. The van der Waals surface area contributed by atoms with Gasteiger partial charge in [-0.2, -0.15) is 0 Å². The second kappa shape index (κ2) is 11.5. The number of esters is 1. The number of ether oxygens (including phenoxy) is 2. The molecule has 2 amide bonds. The van der Waals surface area contributed by atoms with Gasteiger partial charge in [0.25, 0.3) is 11.8 Å². The van der Waals surface area contributed by atoms with E-state index in [0.717, 1.165) is 17.5 Å². The van der Waals surface area contributed by atoms with Crippen LogP contribution in [-0.2, 0) is 22.6 Å². The van der Waals surface area contributed by atoms with Gasteiger partial charge in [0.1, 0.15) is 11.5 Å². The lowest BCUT2D eigenvalue weighted by molar-refractivity contribution is -0.131. The van der Waals surface area contributed by atoms with E-state index in [1.54, 1.807) is 36.4 Å². The fourth-order valence-electron chi connectivity index (χ4n) is 3.16. The Morgan fingerprint density at radius 2 is 1.70 bits per heavy atom. The van der Waals surface area contributed by atoms with E-state index in [1.165, 1.54) is 13.0 Å². The molecule has 3 aromatic rings. The Balaban J connectivity index is 1.53. The smallest absolute Gasteiger partial charge is 0.308 e. The van der Waals surface area contributed by atoms with Gasteiger partial charge >= 0.3 is 5.97 Å². The highest BCUT2D eigenvalue weighted by atomic mass is 16.5. The molecule has 0 saturated heterocycles. The number of hydrogen-bond donors (Lipinski definition) is 2. The van der Waals surface area contributed by atoms with Gasteiger partial charge in [-0.25, -0.2) is 0 Å². The molecule has 170 valence electrons. The zero-order chi connectivity index (χ0) is 23.6. The molecule has 3 rings (SSSR count). The normalized spacial score (nSPS) is 10.2. The van der Waals surface area contributed by atoms with E-state index in [9.17, 15) is 14.4 Å². The first-order valence-electron chi connectivity index (χ1n) is 10.6. The SMILES string of the molecule is CCc1ccccc1OCC(=O)NCc1cccc(NC(=O)c2cccc(OC(C)=O)c2)c1. The summed E-state index contributed by atoms with van der Waals surface area (Å²) in [5.74, 6) is -0.0267. The number of amides is 2. The van der Waals surface area contributed by atoms with Crippen LogP contribution in [0, 0.1) is 0 Å². The third-order valence-electron chi connectivity index (χ3n) is 4.74. The molecule has 0 heterocycles. The Hall–Kier alpha value is -4.13. The molecule has 0 aromatic heterocycles. The van der Waals surface area contributed by atoms with Crippen LogP contribution in [0.2, 0.25) is 0 Å². The van der Waals surface area contributed by atoms with Crippen LogP contribution in [0.4, 0.5) is 5.69 Å². The van der Waals surface area contributed by atoms with Crippen molar-refractivity contribution in [2.24, 2.45) is 0 Å². The van der Waals surface area contributed by atoms with Gasteiger partial charge in [-0.15, -0.1) is 0 Å². The average molecular weight is 447 g/mol. The summed E-state index contributed by atoms with van der Waals surface area (Å²) in [4.78, 5) is 35.9. The van der Waals surface area contributed by atoms with Crippen molar-refractivity contribution in [3.63, 3.8) is 0 Å². The lowest BCUT2D eigenvalue weighted by Gasteiger charge is -2.11. The molecule has 0 fully saturated rings. The Kier molecular flexibility index (Phi) is 8.18. The third kappa shape index (κ3) is 7.21. The summed E-state index contributed by atoms with van der Waals surface area (Å²) < 4.78 is 10.7. The van der Waals surface area contributed by atoms with Crippen molar-refractivity contribution < 1.29 is 23.9 Å². The molecule has 0 atom stereocenters. The van der Waals surface area contributed by atoms with Crippen molar-refractivity contribution in [3.8, 4) is 11.5 Å². The quantitative estimate of drug-likeness (QED) is 0.381. The van der Waals surface area contributed by atoms with Crippen LogP contribution in [0.1, 0.15) is 35.3 Å². The van der Waals surface area contributed by atoms with Crippen LogP contribution in [0.15, 0.2) is 72.8 Å². The minimum absolute atomic E-state index is 0.0773. The highest BCUT2D eigenvalue weighted by Gasteiger charge is 2.10. The fourth-order valence-corrected chi connectivity index (χ4v) is 3.16. The fraction of sp³-hybridized carbons (Fsp3) is 0.192. The molecule has 0 aliphatic heterocycles. The van der Waals surface area contributed by atoms with Gasteiger partial charge in [0.15, 0.2) is 6.61 Å². The molecule has 0 spiro atoms. The van der Waals surface area contributed by atoms with E-state index >= 15 is 0 Å². The highest BCUT2D eigenvalue weighted by molar-refractivity contribution is 6.04. The Bertz CT molecular complexity index is 1140. The van der Waals surface area contributed by atoms with Crippen LogP contribution in [-0.4, -0.2) is 24.4 Å². The summed E-state index contributed by atoms with van der Waals surface area (Å²) in [6.45, 7) is 3.55. The van der Waals surface area contributed by atoms with Gasteiger partial charge in [0.05, 0.1) is 0 Å². The van der Waals surface area contributed by atoms with Crippen LogP contribution in [0.25, 0.3) is 0 Å². The van der Waals surface area contributed by atoms with E-state index in [-0.39, 0.29) is 18.4 Å². The van der Waals surface area contributed by atoms with Gasteiger partial charge in [-0.1, -0.05) is 43.3 Å². The van der Waals surface area contributed by atoms with E-state index in [4.69, 9.17) is 9.47 Å². The Morgan fingerprint density at radius 1 is 0.909 bits per heavy atom. The standard InChI is InChI=1S/C26H26N2O5/c1-3-20-9-4-5-13-24(20)32-17-25(30)27-16-19-8-6-11-22(14-19)28-26(31)21-10-7-12-23(15-21)33-18(2)29/h4-15H,3,16-17H2,1-2H3,(H,27,30)(H,28,31). The zero-order valence-electron chi connectivity index (χ0n) is 18.6. The second-order valence-corrected chi connectivity index (χ2v) is 7.30. The van der Waals surface area contributed by atoms with Crippen LogP contribution in [0.5, 0.6) is 11.5 Å². The number of para-hydroxylation sites is 1. The monoisotopic (exact) mass is 446 g/mol. The Morgan fingerprint density at radius 3 is 2.48 bits per heavy atom. The maximum absolute atomic E-state index is 12.6. The predicted octanol–water partition coefficient (Wildman–Crippen LogP) is 4.12. The van der Waals surface area contributed by atoms with Crippen molar-refractivity contribution in [3.05, 3.63) is 89.5 Å². The number of nitrogens with one attached hydrogen (secondary N) is 2. The summed E-state index contributed by atoms with van der Waals surface area (Å²) in [6.07, 6.45) is 0.824. The first-order valence-corrected chi connectivity index (χ1v) is 10.6. The summed E-state index contributed by atoms with van der Waals surface area (Å²) in [5, 5.41) is 5.63. The molecule has 7 heteroatoms. The first-order chi connectivity index (χ1) is 15.9. The van der Waals surface area contributed by atoms with Crippen LogP contribution >= 0.6 is 0 Å². The van der Waals surface area contributed by atoms with Crippen molar-refractivity contribution in [1.82, 2.24) is 5.32 Å². The molecule has 33 heavy (non-hydrogen) atoms. The first kappa shape index (κ1) is 23.5. The minimum atomic E-state index is -0.456. The lowest BCUT2D eigenvalue weighted by atomic mass is 10.1. The second-order valence-electron chi connectivity index (χ2n) is 7.30. The molecule has 0 radical (unpaired) electrons. The van der Waals surface area contributed by atoms with Crippen LogP contribution in [0.3, 0.4) is 0 Å². The topological polar surface area (TPSA) is 93.7 Å². The maximum Gasteiger partial charge on any atom is 0.308 e. The number of aryl methyl sites for hydroxylation is 1. The van der Waals surface area contributed by atoms with Gasteiger partial charge < -0.3 is 20.1 Å². The van der Waals surface area contributed by atoms with E-state index in [0.29, 0.717) is 29.3 Å². The van der Waals surface area contributed by atoms with Gasteiger partial charge in [0, 0.05) is 24.7 Å². The zero-order valence-corrected chi connectivity index (χ0v) is 18.6. The number of rotatable bonds is 9. The van der Waals surface area contributed by atoms with Gasteiger partial charge in [0.2, 0.25) is 0 Å². The van der Waals surface area contributed by atoms with Crippen molar-refractivity contribution >= 4 is 23.5 Å². The number of benzene rings is 3. The number of carbonyl (C=O) groups is 3. The number of carbonyl (C=O) groups excluding carboxylic acids is 3. The molecule has 0 saturated carbocycles. The number of anilines is 1. The summed E-state index contributed by atoms with van der Waals surface area (Å²) in [6, 6.07) is 21.2. The summed E-state index contributed by atoms with van der Waals surface area (Å²) in [7, 11) is 0. The molecule has 2 N–H and O–H groups in total. The van der Waals surface area contributed by atoms with E-state index in [1.807, 2.05) is 37.3 Å². The largest absolute Gasteiger partial charge is 0.483 e. The predicted molar refractivity (Wildman–Crippen MR) is 125 cm³/mol. The van der Waals surface area contributed by atoms with Crippen molar-refractivity contribution in [2.75, 3.05) is 11.9 Å². The lowest BCUT2D eigenvalue weighted by Crippen LogP contribution is -2.28. The molecular formula is C26H26N2O5. The molecule has 0 aliphatic carbocycles. The molecular weight excluding hydrogens is 420 g/mol. The summed E-state index contributed by atoms with van der Waals surface area (Å²) in [5.41, 5.74) is 2.81. The van der Waals surface area contributed by atoms with Crippen molar-refractivity contribution in [2.45, 2.75) is 26.8 Å². The molecule has 0 bridgehead atoms. The maximum atomic E-state index is 12.6. The average Bonchev–Trinajstić information content (AvgIpc) is 2.81. The number of hydrogen-bond acceptors (Lipinski definition) is 5. The minimum Gasteiger partial charge on any atom is -0.483 e. The van der Waals surface area contributed by atoms with Gasteiger partial charge in [-0.05, 0) is 53.9 Å². The molecule has 7 nitrogen and oxygen atoms in total. The third-order valence-corrected chi connectivity index (χ3v) is 4.74. The van der Waals surface area contributed by atoms with Crippen molar-refractivity contribution in [1.29, 1.82) is 0 Å². The van der Waals surface area contributed by atoms with Gasteiger partial charge in [-0.3, -0.25) is 14.4 Å². The molecule has 0 aliphatic rings. The van der Waals surface area contributed by atoms with E-state index in [2.05, 4.69) is 10.6 Å². The highest BCUT2D eigenvalue weighted by Crippen LogP contribution is 2.18.